The van der Waals surface area contributed by atoms with Crippen molar-refractivity contribution < 1.29 is 174 Å². The maximum atomic E-state index is 13.3. The Morgan fingerprint density at radius 2 is 0.800 bits per heavy atom. The van der Waals surface area contributed by atoms with Crippen LogP contribution in [0, 0.1) is 10.1 Å². The Morgan fingerprint density at radius 1 is 0.467 bits per heavy atom. The van der Waals surface area contributed by atoms with Crippen molar-refractivity contribution >= 4 is 130 Å². The van der Waals surface area contributed by atoms with Gasteiger partial charge >= 0.3 is 47.8 Å². The number of sulfone groups is 3. The molecule has 2 aliphatic rings. The van der Waals surface area contributed by atoms with E-state index in [1.54, 1.807) is 93.9 Å². The monoisotopic (exact) mass is 2000 g/mol. The van der Waals surface area contributed by atoms with Gasteiger partial charge in [-0.2, -0.15) is 0 Å². The third-order valence-electron chi connectivity index (χ3n) is 15.7. The Kier molecular flexibility index (Phi) is 65.8. The normalized spacial score (nSPS) is 11.3. The molecule has 0 bridgehead atoms. The number of anilines is 3. The number of esters is 4. The molecule has 0 aromatic heterocycles. The number of aromatic carboxylic acids is 4. The van der Waals surface area contributed by atoms with Gasteiger partial charge in [0, 0.05) is 95.8 Å². The number of ether oxygens (including phenoxy) is 8. The minimum absolute atomic E-state index is 0. The number of imide groups is 1. The van der Waals surface area contributed by atoms with E-state index < -0.39 is 147 Å². The first-order valence-electron chi connectivity index (χ1n) is 38.2. The number of nitrogens with two attached hydrogens (primary N) is 4. The molecule has 4 amide bonds. The van der Waals surface area contributed by atoms with Crippen molar-refractivity contribution in [3.05, 3.63) is 199 Å². The standard InChI is InChI=1S/C22H24N2O7S.2C12H19NO4S.C10H7NO4.C8H5NO6.C8H7NO4.C4H6O3.C4H10.C2H7N.C2H4O2.5CH4.V/c1-5-31-19-11-14(9-10-18(19)30-3)17(12-32(4,28)29)24-21(26)15-7-6-8-16(23-13(2)25)20(15)22(24)27;2*1-4-17-12-7-9(5-6-11(12)16-2)10(13)8-18(3,14)15;1-5(12)11-7-4-2-3-6-8(7)10(14)15-9(6)13;10-7(11)4-2-1-3-5(9(14)15)6(4)8(12)13;9-5-3-1-2-4(7(10)11)6(5)8(12)13;1-3(5)7-4(2)6;1-3-4-2;1-2-3;1-2(3)4;;;;;;/h6-11,17H,5,12H2,1-4H3,(H,23,25);2*5-7,10H,4,8,13H2,1-3H3;2-4H,1H3,(H,11,12);1-3H,(H,10,11)(H,12,13);1-3H,9H2,(H,10,11)(H,12,13);1-2H3;3-4H2,1-2H3;2-3H2,1H3;1H3,(H,3,4);5*1H4;/t17-;10-;;;;;;;;;;;;;;/m11............../s1. The average molecular weight is 2000 g/mol. The number of fused-ring (bicyclic) bond motifs is 2. The predicted molar refractivity (Wildman–Crippen MR) is 506 cm³/mol. The number of benzene rings is 7. The third-order valence-corrected chi connectivity index (χ3v) is 18.5. The van der Waals surface area contributed by atoms with Crippen LogP contribution in [0.5, 0.6) is 34.5 Å². The summed E-state index contributed by atoms with van der Waals surface area (Å²) in [5.41, 5.74) is 21.8. The van der Waals surface area contributed by atoms with E-state index in [4.69, 9.17) is 81.7 Å². The van der Waals surface area contributed by atoms with Gasteiger partial charge in [-0.15, -0.1) is 0 Å². The molecule has 0 fully saturated rings. The molecule has 9 rings (SSSR count). The number of nitro groups is 1. The van der Waals surface area contributed by atoms with Gasteiger partial charge in [0.2, 0.25) is 11.8 Å². The molecule has 135 heavy (non-hydrogen) atoms. The molecule has 7 aromatic rings. The Hall–Kier alpha value is -13.4. The van der Waals surface area contributed by atoms with Gasteiger partial charge in [0.05, 0.1) is 120 Å². The zero-order valence-corrected chi connectivity index (χ0v) is 78.0. The van der Waals surface area contributed by atoms with Crippen LogP contribution >= 0.6 is 0 Å². The van der Waals surface area contributed by atoms with Gasteiger partial charge in [-0.05, 0) is 123 Å². The van der Waals surface area contributed by atoms with Crippen molar-refractivity contribution in [1.82, 2.24) is 4.90 Å². The number of unbranched alkanes of at least 4 members (excludes halogenated alkanes) is 1. The summed E-state index contributed by atoms with van der Waals surface area (Å²) < 4.78 is 110. The maximum absolute atomic E-state index is 13.3. The molecule has 0 aliphatic carbocycles. The number of carboxylic acids is 5. The zero-order chi connectivity index (χ0) is 99.3. The molecule has 3 atom stereocenters. The van der Waals surface area contributed by atoms with E-state index in [0.29, 0.717) is 76.7 Å². The topological polar surface area (TPSA) is 674 Å². The van der Waals surface area contributed by atoms with E-state index in [1.807, 2.05) is 20.8 Å². The molecule has 46 heteroatoms. The van der Waals surface area contributed by atoms with Crippen LogP contribution in [0.25, 0.3) is 0 Å². The summed E-state index contributed by atoms with van der Waals surface area (Å²) in [6.07, 6.45) is 6.01. The quantitative estimate of drug-likeness (QED) is 0.00569. The summed E-state index contributed by atoms with van der Waals surface area (Å²) in [5, 5.41) is 57.5. The van der Waals surface area contributed by atoms with E-state index in [9.17, 15) is 92.9 Å². The summed E-state index contributed by atoms with van der Waals surface area (Å²) in [5.74, 6) is -8.71. The van der Waals surface area contributed by atoms with Gasteiger partial charge in [0.15, 0.2) is 40.1 Å². The van der Waals surface area contributed by atoms with Crippen molar-refractivity contribution in [3.63, 3.8) is 0 Å². The number of methoxy groups -OCH3 is 3. The number of aliphatic carboxylic acids is 1. The molecule has 2 aliphatic heterocycles. The maximum Gasteiger partial charge on any atom is 0.349 e. The molecule has 1 unspecified atom stereocenters. The molecule has 2 heterocycles. The van der Waals surface area contributed by atoms with Gasteiger partial charge < -0.3 is 97.0 Å². The Labute approximate surface area is 799 Å². The third kappa shape index (κ3) is 47.7. The van der Waals surface area contributed by atoms with Crippen LogP contribution < -0.4 is 62.0 Å². The second kappa shape index (κ2) is 66.0. The molecule has 0 spiro atoms. The van der Waals surface area contributed by atoms with E-state index >= 15 is 0 Å². The SMILES string of the molecule is C.C.C.C.C.CC(=O)Nc1cccc2c1C(=O)OC2=O.CC(=O)O.CC(=O)OC(C)=O.CCCC.CCN.CCOc1cc(C(N)CS(C)(=O)=O)ccc1OC.CCOc1cc([C@@H](CS(C)(=O)=O)N2C(=O)c3cccc(NC(C)=O)c3C2=O)ccc1OC.CCOc1cc([C@H](N)CS(C)(=O)=O)ccc1OC.Nc1cccc(C(=O)O)c1C(=O)O.O=C(O)c1cccc([N+](=O)[O-])c1C(=O)O.[V]. The Morgan fingerprint density at radius 3 is 1.10 bits per heavy atom. The molecule has 1 radical (unpaired) electrons. The number of rotatable bonds is 27. The average Bonchev–Trinajstić information content (AvgIpc) is 1.59. The van der Waals surface area contributed by atoms with E-state index in [1.165, 1.54) is 96.6 Å². The van der Waals surface area contributed by atoms with Crippen molar-refractivity contribution in [3.8, 4) is 34.5 Å². The molecule has 15 N–H and O–H groups in total. The van der Waals surface area contributed by atoms with Crippen molar-refractivity contribution in [2.75, 3.05) is 100 Å². The molecule has 42 nitrogen and oxygen atoms in total. The summed E-state index contributed by atoms with van der Waals surface area (Å²) in [6.45, 7) is 19.9. The van der Waals surface area contributed by atoms with Crippen LogP contribution in [-0.4, -0.2) is 222 Å². The first-order chi connectivity index (χ1) is 60.1. The van der Waals surface area contributed by atoms with E-state index in [0.717, 1.165) is 42.8 Å². The van der Waals surface area contributed by atoms with Crippen LogP contribution in [0.1, 0.15) is 244 Å². The first-order valence-corrected chi connectivity index (χ1v) is 44.4. The Bertz CT molecular complexity index is 5360. The molecule has 0 saturated carbocycles. The van der Waals surface area contributed by atoms with Crippen LogP contribution in [0.15, 0.2) is 127 Å². The molecule has 751 valence electrons. The largest absolute Gasteiger partial charge is 0.493 e. The first kappa shape index (κ1) is 135. The number of hydrogen-bond acceptors (Lipinski definition) is 33. The minimum atomic E-state index is -3.60. The summed E-state index contributed by atoms with van der Waals surface area (Å²) >= 11 is 0. The smallest absolute Gasteiger partial charge is 0.349 e. The van der Waals surface area contributed by atoms with Gasteiger partial charge in [0.25, 0.3) is 23.5 Å². The number of carboxylic acid groups (broad SMARTS) is 5. The predicted octanol–water partition coefficient (Wildman–Crippen LogP) is 12.5. The second-order valence-electron chi connectivity index (χ2n) is 26.5. The fraction of sp³-hybridized carbons (Fsp3) is 0.382. The number of nitrogen functional groups attached to an aromatic ring is 1. The van der Waals surface area contributed by atoms with Gasteiger partial charge in [-0.25, -0.2) is 54.0 Å². The number of nitrogens with zero attached hydrogens (tertiary/aromatic N) is 2. The number of cyclic esters (lactones) is 2. The van der Waals surface area contributed by atoms with Gasteiger partial charge in [-0.3, -0.25) is 48.6 Å². The Balaban J connectivity index is -0.000000284. The van der Waals surface area contributed by atoms with Crippen molar-refractivity contribution in [1.29, 1.82) is 0 Å². The van der Waals surface area contributed by atoms with Crippen LogP contribution in [0.2, 0.25) is 0 Å². The molecule has 0 saturated heterocycles. The van der Waals surface area contributed by atoms with Crippen LogP contribution in [-0.2, 0) is 81.5 Å². The molecular formula is C89H128N8O34S3V. The number of amides is 4. The number of carbonyl (C=O) groups is 13. The van der Waals surface area contributed by atoms with E-state index in [-0.39, 0.29) is 118 Å². The number of hydrogen-bond donors (Lipinski definition) is 11. The number of carbonyl (C=O) groups excluding carboxylic acids is 8. The summed E-state index contributed by atoms with van der Waals surface area (Å²) in [6, 6.07) is 29.0. The fourth-order valence-electron chi connectivity index (χ4n) is 10.6. The van der Waals surface area contributed by atoms with Crippen molar-refractivity contribution in [2.45, 2.75) is 144 Å². The van der Waals surface area contributed by atoms with Crippen LogP contribution in [0.3, 0.4) is 0 Å². The molecule has 7 aromatic carbocycles. The van der Waals surface area contributed by atoms with E-state index in [2.05, 4.69) is 34.0 Å². The summed E-state index contributed by atoms with van der Waals surface area (Å²) in [4.78, 5) is 153. The van der Waals surface area contributed by atoms with Crippen molar-refractivity contribution in [2.24, 2.45) is 17.2 Å². The fourth-order valence-corrected chi connectivity index (χ4v) is 13.2. The molecular weight excluding hydrogens is 1870 g/mol. The van der Waals surface area contributed by atoms with Gasteiger partial charge in [0.1, 0.15) is 29.5 Å². The zero-order valence-electron chi connectivity index (χ0n) is 74.2. The number of nitro benzene ring substituents is 1. The second-order valence-corrected chi connectivity index (χ2v) is 33.0. The minimum Gasteiger partial charge on any atom is -0.493 e. The summed E-state index contributed by atoms with van der Waals surface area (Å²) in [7, 11) is -5.25. The van der Waals surface area contributed by atoms with Gasteiger partial charge in [-0.1, -0.05) is 113 Å². The van der Waals surface area contributed by atoms with Crippen LogP contribution in [0.4, 0.5) is 22.7 Å². The number of nitrogens with one attached hydrogen (secondary N) is 2.